The molecular weight excluding hydrogens is 370 g/mol. The van der Waals surface area contributed by atoms with Crippen molar-refractivity contribution in [2.24, 2.45) is 0 Å². The molecule has 1 amide bonds. The van der Waals surface area contributed by atoms with E-state index in [-0.39, 0.29) is 5.91 Å². The first-order chi connectivity index (χ1) is 12.5. The lowest BCUT2D eigenvalue weighted by Gasteiger charge is -2.12. The lowest BCUT2D eigenvalue weighted by atomic mass is 10.1. The van der Waals surface area contributed by atoms with E-state index in [2.05, 4.69) is 15.5 Å². The zero-order valence-corrected chi connectivity index (χ0v) is 15.9. The number of halogens is 1. The van der Waals surface area contributed by atoms with Crippen molar-refractivity contribution in [1.82, 2.24) is 14.9 Å². The maximum atomic E-state index is 12.4. The van der Waals surface area contributed by atoms with Crippen molar-refractivity contribution in [2.45, 2.75) is 24.3 Å². The van der Waals surface area contributed by atoms with E-state index in [0.29, 0.717) is 21.7 Å². The van der Waals surface area contributed by atoms with Gasteiger partial charge in [0.15, 0.2) is 5.82 Å². The van der Waals surface area contributed by atoms with Crippen LogP contribution in [0.1, 0.15) is 12.5 Å². The van der Waals surface area contributed by atoms with Crippen LogP contribution in [0.25, 0.3) is 11.4 Å². The summed E-state index contributed by atoms with van der Waals surface area (Å²) in [6.07, 6.45) is 0. The SMILES string of the molecule is Cc1ccc(-c2nnc(S[C@@H](C)C(=O)Nc3ccccc3Cl)n2N)cc1. The van der Waals surface area contributed by atoms with E-state index >= 15 is 0 Å². The molecule has 0 saturated carbocycles. The number of aromatic nitrogens is 3. The van der Waals surface area contributed by atoms with Crippen LogP contribution in [0.2, 0.25) is 5.02 Å². The Morgan fingerprint density at radius 3 is 2.58 bits per heavy atom. The van der Waals surface area contributed by atoms with Gasteiger partial charge in [0.2, 0.25) is 11.1 Å². The van der Waals surface area contributed by atoms with Crippen LogP contribution in [0.3, 0.4) is 0 Å². The van der Waals surface area contributed by atoms with Gasteiger partial charge in [0, 0.05) is 5.56 Å². The highest BCUT2D eigenvalue weighted by molar-refractivity contribution is 8.00. The number of para-hydroxylation sites is 1. The summed E-state index contributed by atoms with van der Waals surface area (Å²) >= 11 is 7.30. The molecule has 0 aliphatic rings. The van der Waals surface area contributed by atoms with Crippen molar-refractivity contribution in [2.75, 3.05) is 11.2 Å². The topological polar surface area (TPSA) is 85.8 Å². The quantitative estimate of drug-likeness (QED) is 0.514. The molecule has 2 aromatic carbocycles. The van der Waals surface area contributed by atoms with Gasteiger partial charge in [-0.25, -0.2) is 4.68 Å². The molecule has 3 N–H and O–H groups in total. The molecule has 0 aliphatic heterocycles. The molecular formula is C18H18ClN5OS. The molecule has 6 nitrogen and oxygen atoms in total. The van der Waals surface area contributed by atoms with Gasteiger partial charge in [-0.2, -0.15) is 0 Å². The molecule has 134 valence electrons. The summed E-state index contributed by atoms with van der Waals surface area (Å²) in [5, 5.41) is 11.6. The molecule has 0 aliphatic carbocycles. The van der Waals surface area contributed by atoms with Crippen molar-refractivity contribution in [3.05, 3.63) is 59.1 Å². The fraction of sp³-hybridized carbons (Fsp3) is 0.167. The second kappa shape index (κ2) is 7.80. The van der Waals surface area contributed by atoms with Gasteiger partial charge < -0.3 is 11.2 Å². The van der Waals surface area contributed by atoms with Crippen LogP contribution in [0.5, 0.6) is 0 Å². The van der Waals surface area contributed by atoms with Crippen molar-refractivity contribution < 1.29 is 4.79 Å². The first-order valence-corrected chi connectivity index (χ1v) is 9.21. The van der Waals surface area contributed by atoms with E-state index < -0.39 is 5.25 Å². The normalized spacial score (nSPS) is 12.0. The summed E-state index contributed by atoms with van der Waals surface area (Å²) in [5.41, 5.74) is 2.59. The lowest BCUT2D eigenvalue weighted by Crippen LogP contribution is -2.23. The molecule has 0 bridgehead atoms. The van der Waals surface area contributed by atoms with Gasteiger partial charge in [-0.1, -0.05) is 65.3 Å². The Labute approximate surface area is 160 Å². The number of rotatable bonds is 5. The minimum Gasteiger partial charge on any atom is -0.335 e. The Kier molecular flexibility index (Phi) is 5.49. The van der Waals surface area contributed by atoms with E-state index in [4.69, 9.17) is 17.4 Å². The van der Waals surface area contributed by atoms with Crippen molar-refractivity contribution >= 4 is 35.0 Å². The first kappa shape index (κ1) is 18.3. The third-order valence-corrected chi connectivity index (χ3v) is 5.14. The summed E-state index contributed by atoms with van der Waals surface area (Å²) in [6, 6.07) is 14.9. The Hall–Kier alpha value is -2.51. The van der Waals surface area contributed by atoms with Crippen LogP contribution >= 0.6 is 23.4 Å². The number of nitrogens with two attached hydrogens (primary N) is 1. The fourth-order valence-corrected chi connectivity index (χ4v) is 3.22. The number of carbonyl (C=O) groups is 1. The zero-order valence-electron chi connectivity index (χ0n) is 14.3. The molecule has 0 spiro atoms. The molecule has 0 saturated heterocycles. The number of amides is 1. The summed E-state index contributed by atoms with van der Waals surface area (Å²) in [4.78, 5) is 12.4. The minimum absolute atomic E-state index is 0.192. The molecule has 0 unspecified atom stereocenters. The van der Waals surface area contributed by atoms with Crippen molar-refractivity contribution in [1.29, 1.82) is 0 Å². The van der Waals surface area contributed by atoms with Crippen LogP contribution in [0.4, 0.5) is 5.69 Å². The zero-order chi connectivity index (χ0) is 18.7. The number of benzene rings is 2. The number of hydrogen-bond donors (Lipinski definition) is 2. The van der Waals surface area contributed by atoms with Gasteiger partial charge in [0.25, 0.3) is 0 Å². The summed E-state index contributed by atoms with van der Waals surface area (Å²) in [6.45, 7) is 3.79. The average molecular weight is 388 g/mol. The van der Waals surface area contributed by atoms with E-state index in [9.17, 15) is 4.79 Å². The number of nitrogen functional groups attached to an aromatic ring is 1. The van der Waals surface area contributed by atoms with Gasteiger partial charge >= 0.3 is 0 Å². The fourth-order valence-electron chi connectivity index (χ4n) is 2.27. The Morgan fingerprint density at radius 1 is 1.19 bits per heavy atom. The summed E-state index contributed by atoms with van der Waals surface area (Å²) < 4.78 is 1.40. The molecule has 1 heterocycles. The first-order valence-electron chi connectivity index (χ1n) is 7.95. The molecule has 1 atom stereocenters. The highest BCUT2D eigenvalue weighted by Crippen LogP contribution is 2.27. The monoisotopic (exact) mass is 387 g/mol. The molecule has 0 fully saturated rings. The maximum absolute atomic E-state index is 12.4. The standard InChI is InChI=1S/C18H18ClN5OS/c1-11-7-9-13(10-8-11)16-22-23-18(24(16)20)26-12(2)17(25)21-15-6-4-3-5-14(15)19/h3-10,12H,20H2,1-2H3,(H,21,25)/t12-/m0/s1. The number of thioether (sulfide) groups is 1. The predicted octanol–water partition coefficient (Wildman–Crippen LogP) is 3.74. The van der Waals surface area contributed by atoms with Gasteiger partial charge in [-0.3, -0.25) is 4.79 Å². The molecule has 0 radical (unpaired) electrons. The minimum atomic E-state index is -0.427. The number of carbonyl (C=O) groups excluding carboxylic acids is 1. The summed E-state index contributed by atoms with van der Waals surface area (Å²) in [5.74, 6) is 6.47. The maximum Gasteiger partial charge on any atom is 0.237 e. The van der Waals surface area contributed by atoms with Crippen LogP contribution in [0.15, 0.2) is 53.7 Å². The second-order valence-corrected chi connectivity index (χ2v) is 7.49. The van der Waals surface area contributed by atoms with Gasteiger partial charge in [0.1, 0.15) is 0 Å². The number of hydrogen-bond acceptors (Lipinski definition) is 5. The average Bonchev–Trinajstić information content (AvgIpc) is 2.98. The lowest BCUT2D eigenvalue weighted by molar-refractivity contribution is -0.115. The van der Waals surface area contributed by atoms with E-state index in [1.807, 2.05) is 37.3 Å². The number of aryl methyl sites for hydroxylation is 1. The Balaban J connectivity index is 1.71. The third kappa shape index (κ3) is 4.00. The van der Waals surface area contributed by atoms with Crippen LogP contribution in [0, 0.1) is 6.92 Å². The number of anilines is 1. The number of nitrogens with one attached hydrogen (secondary N) is 1. The van der Waals surface area contributed by atoms with E-state index in [1.165, 1.54) is 16.4 Å². The smallest absolute Gasteiger partial charge is 0.237 e. The molecule has 8 heteroatoms. The van der Waals surface area contributed by atoms with Crippen molar-refractivity contribution in [3.63, 3.8) is 0 Å². The molecule has 26 heavy (non-hydrogen) atoms. The second-order valence-electron chi connectivity index (χ2n) is 5.77. The van der Waals surface area contributed by atoms with E-state index in [0.717, 1.165) is 11.1 Å². The Bertz CT molecular complexity index is 926. The molecule has 1 aromatic heterocycles. The highest BCUT2D eigenvalue weighted by atomic mass is 35.5. The van der Waals surface area contributed by atoms with Gasteiger partial charge in [0.05, 0.1) is 16.0 Å². The third-order valence-electron chi connectivity index (χ3n) is 3.76. The molecule has 3 aromatic rings. The van der Waals surface area contributed by atoms with Gasteiger partial charge in [-0.05, 0) is 26.0 Å². The summed E-state index contributed by atoms with van der Waals surface area (Å²) in [7, 11) is 0. The number of nitrogens with zero attached hydrogens (tertiary/aromatic N) is 3. The Morgan fingerprint density at radius 2 is 1.88 bits per heavy atom. The van der Waals surface area contributed by atoms with Crippen LogP contribution in [-0.2, 0) is 4.79 Å². The van der Waals surface area contributed by atoms with E-state index in [1.54, 1.807) is 25.1 Å². The van der Waals surface area contributed by atoms with Crippen LogP contribution < -0.4 is 11.2 Å². The largest absolute Gasteiger partial charge is 0.335 e. The van der Waals surface area contributed by atoms with Crippen molar-refractivity contribution in [3.8, 4) is 11.4 Å². The van der Waals surface area contributed by atoms with Crippen LogP contribution in [-0.4, -0.2) is 26.0 Å². The molecule has 3 rings (SSSR count). The highest BCUT2D eigenvalue weighted by Gasteiger charge is 2.20. The predicted molar refractivity (Wildman–Crippen MR) is 106 cm³/mol. The van der Waals surface area contributed by atoms with Gasteiger partial charge in [-0.15, -0.1) is 10.2 Å².